The third-order valence-corrected chi connectivity index (χ3v) is 5.63. The molecular weight excluding hydrogens is 426 g/mol. The van der Waals surface area contributed by atoms with Crippen molar-refractivity contribution in [3.8, 4) is 5.75 Å². The van der Waals surface area contributed by atoms with Gasteiger partial charge in [0.15, 0.2) is 0 Å². The number of phenolic OH excluding ortho intramolecular Hbond substituents is 1. The smallest absolute Gasteiger partial charge is 0.269 e. The topological polar surface area (TPSA) is 211 Å². The largest absolute Gasteiger partial charge is 0.508 e. The van der Waals surface area contributed by atoms with Crippen LogP contribution in [0.5, 0.6) is 5.75 Å². The summed E-state index contributed by atoms with van der Waals surface area (Å²) in [4.78, 5) is 29.9. The minimum absolute atomic E-state index is 0.0714. The number of nitrogens with two attached hydrogens (primary N) is 4. The molecule has 1 aromatic carbocycles. The fourth-order valence-corrected chi connectivity index (χ4v) is 4.17. The Labute approximate surface area is 191 Å². The fraction of sp³-hybridized carbons (Fsp3) is 0.500. The Bertz CT molecular complexity index is 909. The normalized spacial score (nSPS) is 25.6. The predicted octanol–water partition coefficient (Wildman–Crippen LogP) is -1.94. The number of phenols is 1. The average molecular weight is 458 g/mol. The standard InChI is InChI=1S/C20H31N11O2/c21-12-5-13(22)8-30(7-12)19-25-18(29-28-17(33)11-1-3-16(32)4-2-11)26-20(27-19)31-9-14(23)6-15(24)10-31/h1-4,12-15,32H,5-10,21-24H2,(H,28,33)(H,25,26,27,29)/t12-,13+,14-,15+. The first-order valence-corrected chi connectivity index (χ1v) is 10.9. The summed E-state index contributed by atoms with van der Waals surface area (Å²) in [6, 6.07) is 5.47. The van der Waals surface area contributed by atoms with Gasteiger partial charge in [0.25, 0.3) is 5.91 Å². The number of piperidine rings is 2. The summed E-state index contributed by atoms with van der Waals surface area (Å²) in [6.45, 7) is 2.20. The Kier molecular flexibility index (Phi) is 6.74. The number of anilines is 3. The van der Waals surface area contributed by atoms with Crippen LogP contribution >= 0.6 is 0 Å². The van der Waals surface area contributed by atoms with Crippen LogP contribution in [0.25, 0.3) is 0 Å². The molecule has 0 bridgehead atoms. The lowest BCUT2D eigenvalue weighted by molar-refractivity contribution is 0.0962. The molecule has 1 aromatic heterocycles. The minimum Gasteiger partial charge on any atom is -0.508 e. The Balaban J connectivity index is 1.58. The molecule has 2 saturated heterocycles. The van der Waals surface area contributed by atoms with Crippen molar-refractivity contribution in [1.29, 1.82) is 0 Å². The molecule has 33 heavy (non-hydrogen) atoms. The summed E-state index contributed by atoms with van der Waals surface area (Å²) < 4.78 is 0. The maximum atomic E-state index is 12.5. The molecule has 0 saturated carbocycles. The fourth-order valence-electron chi connectivity index (χ4n) is 4.17. The van der Waals surface area contributed by atoms with Crippen LogP contribution in [0, 0.1) is 0 Å². The van der Waals surface area contributed by atoms with E-state index >= 15 is 0 Å². The van der Waals surface area contributed by atoms with Crippen LogP contribution in [0.2, 0.25) is 0 Å². The first-order valence-electron chi connectivity index (χ1n) is 10.9. The third-order valence-electron chi connectivity index (χ3n) is 5.63. The van der Waals surface area contributed by atoms with E-state index < -0.39 is 5.91 Å². The van der Waals surface area contributed by atoms with E-state index in [0.29, 0.717) is 43.6 Å². The van der Waals surface area contributed by atoms with Gasteiger partial charge in [-0.2, -0.15) is 15.0 Å². The van der Waals surface area contributed by atoms with Crippen molar-refractivity contribution in [3.63, 3.8) is 0 Å². The lowest BCUT2D eigenvalue weighted by Gasteiger charge is -2.36. The van der Waals surface area contributed by atoms with Crippen LogP contribution in [-0.4, -0.2) is 76.3 Å². The number of amides is 1. The van der Waals surface area contributed by atoms with Gasteiger partial charge in [-0.15, -0.1) is 0 Å². The highest BCUT2D eigenvalue weighted by molar-refractivity contribution is 5.94. The number of rotatable bonds is 5. The molecule has 0 spiro atoms. The Morgan fingerprint density at radius 1 is 0.818 bits per heavy atom. The molecule has 0 unspecified atom stereocenters. The lowest BCUT2D eigenvalue weighted by Crippen LogP contribution is -2.54. The van der Waals surface area contributed by atoms with E-state index in [9.17, 15) is 9.90 Å². The quantitative estimate of drug-likeness (QED) is 0.245. The van der Waals surface area contributed by atoms with E-state index in [2.05, 4.69) is 25.8 Å². The number of hydrogen-bond donors (Lipinski definition) is 7. The lowest BCUT2D eigenvalue weighted by atomic mass is 10.0. The van der Waals surface area contributed by atoms with Crippen LogP contribution < -0.4 is 43.6 Å². The van der Waals surface area contributed by atoms with Crippen LogP contribution in [-0.2, 0) is 0 Å². The highest BCUT2D eigenvalue weighted by Crippen LogP contribution is 2.22. The van der Waals surface area contributed by atoms with Gasteiger partial charge in [0.2, 0.25) is 17.8 Å². The van der Waals surface area contributed by atoms with Crippen molar-refractivity contribution < 1.29 is 9.90 Å². The van der Waals surface area contributed by atoms with Gasteiger partial charge in [-0.05, 0) is 37.1 Å². The number of nitrogens with zero attached hydrogens (tertiary/aromatic N) is 5. The zero-order valence-electron chi connectivity index (χ0n) is 18.3. The molecule has 0 radical (unpaired) electrons. The number of aromatic nitrogens is 3. The summed E-state index contributed by atoms with van der Waals surface area (Å²) in [5.74, 6) is 0.617. The van der Waals surface area contributed by atoms with E-state index in [-0.39, 0.29) is 35.9 Å². The molecule has 2 fully saturated rings. The van der Waals surface area contributed by atoms with Gasteiger partial charge in [-0.25, -0.2) is 0 Å². The molecule has 4 rings (SSSR count). The highest BCUT2D eigenvalue weighted by atomic mass is 16.3. The molecule has 2 aliphatic heterocycles. The first kappa shape index (κ1) is 22.9. The first-order chi connectivity index (χ1) is 15.8. The van der Waals surface area contributed by atoms with Gasteiger partial charge in [0.1, 0.15) is 5.75 Å². The Morgan fingerprint density at radius 2 is 1.27 bits per heavy atom. The van der Waals surface area contributed by atoms with Gasteiger partial charge in [0, 0.05) is 55.9 Å². The summed E-state index contributed by atoms with van der Waals surface area (Å²) >= 11 is 0. The molecule has 1 amide bonds. The second-order valence-electron chi connectivity index (χ2n) is 8.71. The molecule has 0 aliphatic carbocycles. The number of nitrogens with one attached hydrogen (secondary N) is 2. The summed E-state index contributed by atoms with van der Waals surface area (Å²) in [7, 11) is 0. The SMILES string of the molecule is N[C@@H]1C[C@H](N)CN(c2nc(NNC(=O)c3ccc(O)cc3)nc(N3C[C@H](N)C[C@H](N)C3)n2)C1. The number of carbonyl (C=O) groups is 1. The number of hydrazine groups is 1. The predicted molar refractivity (Wildman–Crippen MR) is 125 cm³/mol. The molecule has 4 atom stereocenters. The zero-order chi connectivity index (χ0) is 23.5. The van der Waals surface area contributed by atoms with Crippen molar-refractivity contribution in [1.82, 2.24) is 20.4 Å². The van der Waals surface area contributed by atoms with E-state index in [1.54, 1.807) is 0 Å². The number of benzene rings is 1. The monoisotopic (exact) mass is 457 g/mol. The average Bonchev–Trinajstić information content (AvgIpc) is 2.76. The maximum absolute atomic E-state index is 12.5. The van der Waals surface area contributed by atoms with Gasteiger partial charge in [-0.3, -0.25) is 15.6 Å². The van der Waals surface area contributed by atoms with Gasteiger partial charge < -0.3 is 37.8 Å². The minimum atomic E-state index is -0.414. The highest BCUT2D eigenvalue weighted by Gasteiger charge is 2.28. The Morgan fingerprint density at radius 3 is 1.73 bits per heavy atom. The van der Waals surface area contributed by atoms with Crippen molar-refractivity contribution in [3.05, 3.63) is 29.8 Å². The number of carbonyl (C=O) groups excluding carboxylic acids is 1. The molecule has 2 aromatic rings. The van der Waals surface area contributed by atoms with Gasteiger partial charge in [0.05, 0.1) is 0 Å². The molecule has 13 heteroatoms. The number of aromatic hydroxyl groups is 1. The second kappa shape index (κ2) is 9.70. The van der Waals surface area contributed by atoms with E-state index in [0.717, 1.165) is 12.8 Å². The molecule has 178 valence electrons. The molecule has 13 nitrogen and oxygen atoms in total. The van der Waals surface area contributed by atoms with E-state index in [1.807, 2.05) is 9.80 Å². The second-order valence-corrected chi connectivity index (χ2v) is 8.71. The number of hydrogen-bond acceptors (Lipinski definition) is 12. The molecule has 11 N–H and O–H groups in total. The van der Waals surface area contributed by atoms with Gasteiger partial charge in [-0.1, -0.05) is 0 Å². The van der Waals surface area contributed by atoms with Crippen molar-refractivity contribution in [2.75, 3.05) is 41.4 Å². The Hall–Kier alpha value is -3.26. The van der Waals surface area contributed by atoms with Crippen LogP contribution in [0.15, 0.2) is 24.3 Å². The summed E-state index contributed by atoms with van der Waals surface area (Å²) in [5.41, 5.74) is 30.3. The third kappa shape index (κ3) is 5.76. The molecule has 3 heterocycles. The van der Waals surface area contributed by atoms with E-state index in [4.69, 9.17) is 22.9 Å². The summed E-state index contributed by atoms with van der Waals surface area (Å²) in [5, 5.41) is 9.41. The van der Waals surface area contributed by atoms with Crippen LogP contribution in [0.3, 0.4) is 0 Å². The summed E-state index contributed by atoms with van der Waals surface area (Å²) in [6.07, 6.45) is 1.44. The van der Waals surface area contributed by atoms with Crippen molar-refractivity contribution in [2.24, 2.45) is 22.9 Å². The van der Waals surface area contributed by atoms with Crippen LogP contribution in [0.4, 0.5) is 17.8 Å². The van der Waals surface area contributed by atoms with Crippen molar-refractivity contribution >= 4 is 23.8 Å². The van der Waals surface area contributed by atoms with Crippen LogP contribution in [0.1, 0.15) is 23.2 Å². The molecular formula is C20H31N11O2. The van der Waals surface area contributed by atoms with Crippen molar-refractivity contribution in [2.45, 2.75) is 37.0 Å². The zero-order valence-corrected chi connectivity index (χ0v) is 18.3. The van der Waals surface area contributed by atoms with Gasteiger partial charge >= 0.3 is 0 Å². The van der Waals surface area contributed by atoms with E-state index in [1.165, 1.54) is 24.3 Å². The maximum Gasteiger partial charge on any atom is 0.269 e. The molecule has 2 aliphatic rings.